The first kappa shape index (κ1) is 17.9. The molecule has 1 fully saturated rings. The van der Waals surface area contributed by atoms with E-state index < -0.39 is 5.41 Å². The van der Waals surface area contributed by atoms with Gasteiger partial charge in [-0.15, -0.1) is 0 Å². The Bertz CT molecular complexity index is 702. The standard InChI is InChI=1S/C19H21NO4S/c1-2-15(21)19(10-13-6-3-4-7-14(13)11-19)16(22)8-5-9-20-17(23)12-25-18(20)24/h3-4,6-7H,2,5,8-12H2,1H3. The van der Waals surface area contributed by atoms with Crippen molar-refractivity contribution in [2.75, 3.05) is 12.3 Å². The quantitative estimate of drug-likeness (QED) is 0.700. The number of Topliss-reactive ketones (excluding diaryl/α,β-unsaturated/α-hetero) is 2. The van der Waals surface area contributed by atoms with Gasteiger partial charge in [0.15, 0.2) is 0 Å². The Labute approximate surface area is 151 Å². The smallest absolute Gasteiger partial charge is 0.288 e. The van der Waals surface area contributed by atoms with E-state index in [4.69, 9.17) is 0 Å². The highest BCUT2D eigenvalue weighted by atomic mass is 32.2. The number of nitrogens with zero attached hydrogens (tertiary/aromatic N) is 1. The summed E-state index contributed by atoms with van der Waals surface area (Å²) in [6, 6.07) is 7.81. The predicted molar refractivity (Wildman–Crippen MR) is 95.4 cm³/mol. The van der Waals surface area contributed by atoms with Crippen LogP contribution >= 0.6 is 11.8 Å². The molecular weight excluding hydrogens is 338 g/mol. The number of hydrogen-bond donors (Lipinski definition) is 0. The second-order valence-corrected chi connectivity index (χ2v) is 7.53. The van der Waals surface area contributed by atoms with E-state index >= 15 is 0 Å². The van der Waals surface area contributed by atoms with Crippen molar-refractivity contribution in [3.63, 3.8) is 0 Å². The summed E-state index contributed by atoms with van der Waals surface area (Å²) < 4.78 is 0. The number of fused-ring (bicyclic) bond motifs is 1. The molecule has 0 saturated carbocycles. The van der Waals surface area contributed by atoms with Gasteiger partial charge in [0.05, 0.1) is 11.2 Å². The van der Waals surface area contributed by atoms with Gasteiger partial charge < -0.3 is 0 Å². The highest BCUT2D eigenvalue weighted by Crippen LogP contribution is 2.40. The summed E-state index contributed by atoms with van der Waals surface area (Å²) in [4.78, 5) is 50.0. The fourth-order valence-corrected chi connectivity index (χ4v) is 4.49. The van der Waals surface area contributed by atoms with Crippen LogP contribution < -0.4 is 0 Å². The van der Waals surface area contributed by atoms with E-state index in [0.29, 0.717) is 25.7 Å². The van der Waals surface area contributed by atoms with Gasteiger partial charge >= 0.3 is 0 Å². The third-order valence-corrected chi connectivity index (χ3v) is 5.98. The number of rotatable bonds is 7. The van der Waals surface area contributed by atoms with Crippen molar-refractivity contribution >= 4 is 34.5 Å². The van der Waals surface area contributed by atoms with Crippen molar-refractivity contribution in [2.45, 2.75) is 39.0 Å². The summed E-state index contributed by atoms with van der Waals surface area (Å²) in [5.74, 6) is -0.102. The Morgan fingerprint density at radius 2 is 1.76 bits per heavy atom. The summed E-state index contributed by atoms with van der Waals surface area (Å²) in [5.41, 5.74) is 1.17. The van der Waals surface area contributed by atoms with Crippen molar-refractivity contribution < 1.29 is 19.2 Å². The maximum Gasteiger partial charge on any atom is 0.288 e. The number of imide groups is 1. The minimum absolute atomic E-state index is 0.0161. The van der Waals surface area contributed by atoms with Crippen molar-refractivity contribution in [3.8, 4) is 0 Å². The molecule has 2 amide bonds. The number of carbonyl (C=O) groups is 4. The predicted octanol–water partition coefficient (Wildman–Crippen LogP) is 2.80. The lowest BCUT2D eigenvalue weighted by Gasteiger charge is -2.26. The van der Waals surface area contributed by atoms with Crippen LogP contribution in [-0.4, -0.2) is 39.9 Å². The molecule has 1 aliphatic heterocycles. The van der Waals surface area contributed by atoms with Crippen LogP contribution in [-0.2, 0) is 27.2 Å². The van der Waals surface area contributed by atoms with Gasteiger partial charge in [-0.2, -0.15) is 0 Å². The van der Waals surface area contributed by atoms with Crippen LogP contribution in [0.2, 0.25) is 0 Å². The van der Waals surface area contributed by atoms with Gasteiger partial charge in [0.1, 0.15) is 11.6 Å². The Balaban J connectivity index is 1.68. The van der Waals surface area contributed by atoms with Crippen LogP contribution in [0.15, 0.2) is 24.3 Å². The van der Waals surface area contributed by atoms with E-state index in [1.54, 1.807) is 6.92 Å². The molecule has 0 radical (unpaired) electrons. The molecule has 6 heteroatoms. The fourth-order valence-electron chi connectivity index (χ4n) is 3.74. The summed E-state index contributed by atoms with van der Waals surface area (Å²) in [6.45, 7) is 2.04. The molecule has 0 spiro atoms. The molecule has 25 heavy (non-hydrogen) atoms. The van der Waals surface area contributed by atoms with Crippen LogP contribution in [0.1, 0.15) is 37.3 Å². The Morgan fingerprint density at radius 3 is 2.28 bits per heavy atom. The summed E-state index contributed by atoms with van der Waals surface area (Å²) in [6.07, 6.45) is 1.88. The minimum Gasteiger partial charge on any atom is -0.299 e. The molecule has 0 N–H and O–H groups in total. The average molecular weight is 359 g/mol. The van der Waals surface area contributed by atoms with E-state index in [9.17, 15) is 19.2 Å². The first-order valence-corrected chi connectivity index (χ1v) is 9.57. The number of amides is 2. The fraction of sp³-hybridized carbons (Fsp3) is 0.474. The van der Waals surface area contributed by atoms with Crippen LogP contribution in [0, 0.1) is 5.41 Å². The molecule has 2 aliphatic rings. The Hall–Kier alpha value is -1.95. The van der Waals surface area contributed by atoms with E-state index in [1.807, 2.05) is 24.3 Å². The van der Waals surface area contributed by atoms with Crippen LogP contribution in [0.5, 0.6) is 0 Å². The lowest BCUT2D eigenvalue weighted by molar-refractivity contribution is -0.140. The number of thioether (sulfide) groups is 1. The molecule has 1 aliphatic carbocycles. The van der Waals surface area contributed by atoms with Crippen molar-refractivity contribution in [1.82, 2.24) is 4.90 Å². The molecule has 132 valence electrons. The molecule has 1 saturated heterocycles. The SMILES string of the molecule is CCC(=O)C1(C(=O)CCCN2C(=O)CSC2=O)Cc2ccccc2C1. The van der Waals surface area contributed by atoms with Gasteiger partial charge in [0.25, 0.3) is 5.24 Å². The topological polar surface area (TPSA) is 71.5 Å². The highest BCUT2D eigenvalue weighted by Gasteiger charge is 2.47. The third kappa shape index (κ3) is 3.27. The summed E-state index contributed by atoms with van der Waals surface area (Å²) in [5, 5.41) is -0.245. The van der Waals surface area contributed by atoms with Gasteiger partial charge in [-0.05, 0) is 30.4 Å². The number of carbonyl (C=O) groups excluding carboxylic acids is 4. The second kappa shape index (κ2) is 7.12. The number of ketones is 2. The molecule has 0 aromatic heterocycles. The second-order valence-electron chi connectivity index (χ2n) is 6.61. The lowest BCUT2D eigenvalue weighted by atomic mass is 9.74. The third-order valence-electron chi connectivity index (χ3n) is 5.12. The molecule has 1 heterocycles. The van der Waals surface area contributed by atoms with Gasteiger partial charge in [-0.3, -0.25) is 24.1 Å². The number of hydrogen-bond acceptors (Lipinski definition) is 5. The van der Waals surface area contributed by atoms with E-state index in [-0.39, 0.29) is 41.4 Å². The first-order chi connectivity index (χ1) is 12.0. The number of benzene rings is 1. The molecule has 5 nitrogen and oxygen atoms in total. The molecule has 3 rings (SSSR count). The van der Waals surface area contributed by atoms with E-state index in [2.05, 4.69) is 0 Å². The summed E-state index contributed by atoms with van der Waals surface area (Å²) in [7, 11) is 0. The molecule has 0 bridgehead atoms. The molecule has 1 aromatic rings. The monoisotopic (exact) mass is 359 g/mol. The first-order valence-electron chi connectivity index (χ1n) is 8.58. The van der Waals surface area contributed by atoms with E-state index in [0.717, 1.165) is 22.9 Å². The molecule has 0 unspecified atom stereocenters. The van der Waals surface area contributed by atoms with E-state index in [1.165, 1.54) is 4.90 Å². The van der Waals surface area contributed by atoms with Gasteiger partial charge in [0.2, 0.25) is 5.91 Å². The maximum atomic E-state index is 13.0. The van der Waals surface area contributed by atoms with Gasteiger partial charge in [0, 0.05) is 19.4 Å². The summed E-state index contributed by atoms with van der Waals surface area (Å²) >= 11 is 0.995. The van der Waals surface area contributed by atoms with Crippen molar-refractivity contribution in [1.29, 1.82) is 0 Å². The molecule has 0 atom stereocenters. The lowest BCUT2D eigenvalue weighted by Crippen LogP contribution is -2.40. The van der Waals surface area contributed by atoms with Crippen LogP contribution in [0.4, 0.5) is 4.79 Å². The van der Waals surface area contributed by atoms with Gasteiger partial charge in [-0.1, -0.05) is 43.0 Å². The zero-order valence-electron chi connectivity index (χ0n) is 14.2. The zero-order valence-corrected chi connectivity index (χ0v) is 15.1. The van der Waals surface area contributed by atoms with Crippen molar-refractivity contribution in [3.05, 3.63) is 35.4 Å². The molecule has 1 aromatic carbocycles. The minimum atomic E-state index is -0.966. The zero-order chi connectivity index (χ0) is 18.0. The highest BCUT2D eigenvalue weighted by molar-refractivity contribution is 8.14. The van der Waals surface area contributed by atoms with Crippen LogP contribution in [0.3, 0.4) is 0 Å². The maximum absolute atomic E-state index is 13.0. The Morgan fingerprint density at radius 1 is 1.12 bits per heavy atom. The largest absolute Gasteiger partial charge is 0.299 e. The Kier molecular flexibility index (Phi) is 5.08. The average Bonchev–Trinajstić information content (AvgIpc) is 3.16. The van der Waals surface area contributed by atoms with Crippen LogP contribution in [0.25, 0.3) is 0 Å². The van der Waals surface area contributed by atoms with Crippen molar-refractivity contribution in [2.24, 2.45) is 5.41 Å². The normalized spacial score (nSPS) is 18.5. The van der Waals surface area contributed by atoms with Gasteiger partial charge in [-0.25, -0.2) is 0 Å². The molecular formula is C19H21NO4S.